The van der Waals surface area contributed by atoms with Gasteiger partial charge in [-0.05, 0) is 31.9 Å². The molecule has 2 amide bonds. The molecule has 28 heavy (non-hydrogen) atoms. The van der Waals surface area contributed by atoms with E-state index < -0.39 is 0 Å². The molecule has 4 rings (SSSR count). The molecule has 0 spiro atoms. The topological polar surface area (TPSA) is 92.5 Å². The van der Waals surface area contributed by atoms with Crippen molar-refractivity contribution in [3.05, 3.63) is 59.7 Å². The Balaban J connectivity index is 1.63. The molecule has 0 bridgehead atoms. The molecule has 1 saturated heterocycles. The van der Waals surface area contributed by atoms with Crippen LogP contribution in [0.1, 0.15) is 53.5 Å². The van der Waals surface area contributed by atoms with Crippen LogP contribution in [-0.4, -0.2) is 42.6 Å². The lowest BCUT2D eigenvalue weighted by Gasteiger charge is -2.22. The summed E-state index contributed by atoms with van der Waals surface area (Å²) in [6.07, 6.45) is 6.97. The van der Waals surface area contributed by atoms with Gasteiger partial charge in [-0.1, -0.05) is 6.07 Å². The van der Waals surface area contributed by atoms with Crippen molar-refractivity contribution < 1.29 is 9.59 Å². The van der Waals surface area contributed by atoms with Gasteiger partial charge in [-0.15, -0.1) is 0 Å². The van der Waals surface area contributed by atoms with Gasteiger partial charge >= 0.3 is 0 Å². The first-order chi connectivity index (χ1) is 13.5. The van der Waals surface area contributed by atoms with E-state index in [-0.39, 0.29) is 24.4 Å². The molecule has 8 nitrogen and oxygen atoms in total. The molecule has 1 aliphatic heterocycles. The van der Waals surface area contributed by atoms with E-state index >= 15 is 0 Å². The standard InChI is InChI=1S/C20H22N6O2/c1-13-10-22-15(11-21-13)12-23-20(28)18-16-6-3-4-8-26(16)19(24-18)17-7-5-9-25(17)14(2)27/h3-4,6,8,10-11,17H,5,7,9,12H2,1-2H3,(H,23,28)/t17-/m1/s1. The van der Waals surface area contributed by atoms with Crippen LogP contribution in [0.5, 0.6) is 0 Å². The summed E-state index contributed by atoms with van der Waals surface area (Å²) >= 11 is 0. The molecule has 1 fully saturated rings. The summed E-state index contributed by atoms with van der Waals surface area (Å²) in [7, 11) is 0. The third-order valence-corrected chi connectivity index (χ3v) is 5.01. The summed E-state index contributed by atoms with van der Waals surface area (Å²) in [6.45, 7) is 4.43. The fourth-order valence-electron chi connectivity index (χ4n) is 3.64. The maximum atomic E-state index is 12.8. The zero-order valence-corrected chi connectivity index (χ0v) is 15.9. The number of amides is 2. The van der Waals surface area contributed by atoms with Crippen molar-refractivity contribution in [1.82, 2.24) is 29.6 Å². The molecule has 8 heteroatoms. The Labute approximate surface area is 162 Å². The van der Waals surface area contributed by atoms with Gasteiger partial charge in [0.2, 0.25) is 5.91 Å². The normalized spacial score (nSPS) is 16.5. The van der Waals surface area contributed by atoms with E-state index in [1.54, 1.807) is 19.3 Å². The van der Waals surface area contributed by atoms with Crippen molar-refractivity contribution >= 4 is 17.3 Å². The second-order valence-corrected chi connectivity index (χ2v) is 6.98. The van der Waals surface area contributed by atoms with Gasteiger partial charge in [-0.2, -0.15) is 0 Å². The molecule has 0 unspecified atom stereocenters. The maximum absolute atomic E-state index is 12.8. The van der Waals surface area contributed by atoms with Crippen LogP contribution < -0.4 is 5.32 Å². The molecule has 144 valence electrons. The number of aromatic nitrogens is 4. The van der Waals surface area contributed by atoms with Gasteiger partial charge < -0.3 is 14.6 Å². The van der Waals surface area contributed by atoms with Crippen LogP contribution in [0.2, 0.25) is 0 Å². The third kappa shape index (κ3) is 3.33. The van der Waals surface area contributed by atoms with Crippen molar-refractivity contribution in [2.75, 3.05) is 6.54 Å². The molecule has 1 aliphatic rings. The fourth-order valence-corrected chi connectivity index (χ4v) is 3.64. The van der Waals surface area contributed by atoms with E-state index in [4.69, 9.17) is 0 Å². The Morgan fingerprint density at radius 3 is 2.86 bits per heavy atom. The number of pyridine rings is 1. The molecule has 0 aliphatic carbocycles. The van der Waals surface area contributed by atoms with Crippen LogP contribution in [-0.2, 0) is 11.3 Å². The van der Waals surface area contributed by atoms with E-state index in [0.717, 1.165) is 36.4 Å². The van der Waals surface area contributed by atoms with Crippen molar-refractivity contribution in [1.29, 1.82) is 0 Å². The summed E-state index contributed by atoms with van der Waals surface area (Å²) < 4.78 is 1.91. The number of rotatable bonds is 4. The van der Waals surface area contributed by atoms with Crippen LogP contribution in [0.25, 0.3) is 5.52 Å². The molecule has 0 saturated carbocycles. The first-order valence-electron chi connectivity index (χ1n) is 9.34. The number of nitrogens with one attached hydrogen (secondary N) is 1. The van der Waals surface area contributed by atoms with E-state index in [1.807, 2.05) is 40.6 Å². The minimum Gasteiger partial charge on any atom is -0.345 e. The number of imidazole rings is 1. The highest BCUT2D eigenvalue weighted by molar-refractivity contribution is 5.99. The van der Waals surface area contributed by atoms with E-state index in [1.165, 1.54) is 0 Å². The summed E-state index contributed by atoms with van der Waals surface area (Å²) in [6, 6.07) is 5.52. The molecule has 1 atom stereocenters. The van der Waals surface area contributed by atoms with Crippen molar-refractivity contribution in [3.8, 4) is 0 Å². The first kappa shape index (κ1) is 18.1. The van der Waals surface area contributed by atoms with Crippen LogP contribution in [0, 0.1) is 6.92 Å². The minimum absolute atomic E-state index is 0.0270. The third-order valence-electron chi connectivity index (χ3n) is 5.01. The molecule has 3 aromatic rings. The number of hydrogen-bond acceptors (Lipinski definition) is 5. The summed E-state index contributed by atoms with van der Waals surface area (Å²) in [4.78, 5) is 39.7. The number of fused-ring (bicyclic) bond motifs is 1. The van der Waals surface area contributed by atoms with Gasteiger partial charge in [0.05, 0.1) is 35.7 Å². The highest BCUT2D eigenvalue weighted by atomic mass is 16.2. The van der Waals surface area contributed by atoms with Crippen molar-refractivity contribution in [2.24, 2.45) is 0 Å². The van der Waals surface area contributed by atoms with Gasteiger partial charge in [0.1, 0.15) is 5.82 Å². The zero-order valence-electron chi connectivity index (χ0n) is 15.9. The lowest BCUT2D eigenvalue weighted by molar-refractivity contribution is -0.129. The van der Waals surface area contributed by atoms with E-state index in [9.17, 15) is 9.59 Å². The van der Waals surface area contributed by atoms with Crippen LogP contribution >= 0.6 is 0 Å². The predicted molar refractivity (Wildman–Crippen MR) is 102 cm³/mol. The smallest absolute Gasteiger partial charge is 0.272 e. The summed E-state index contributed by atoms with van der Waals surface area (Å²) in [5, 5.41) is 2.87. The molecule has 3 aromatic heterocycles. The minimum atomic E-state index is -0.273. The number of hydrogen-bond donors (Lipinski definition) is 1. The Morgan fingerprint density at radius 1 is 1.25 bits per heavy atom. The van der Waals surface area contributed by atoms with Gasteiger partial charge in [0, 0.05) is 25.9 Å². The second-order valence-electron chi connectivity index (χ2n) is 6.98. The lowest BCUT2D eigenvalue weighted by Crippen LogP contribution is -2.29. The highest BCUT2D eigenvalue weighted by Crippen LogP contribution is 2.32. The largest absolute Gasteiger partial charge is 0.345 e. The highest BCUT2D eigenvalue weighted by Gasteiger charge is 2.32. The number of likely N-dealkylation sites (tertiary alicyclic amines) is 1. The molecule has 0 radical (unpaired) electrons. The van der Waals surface area contributed by atoms with Crippen LogP contribution in [0.4, 0.5) is 0 Å². The molecular weight excluding hydrogens is 356 g/mol. The van der Waals surface area contributed by atoms with Crippen molar-refractivity contribution in [2.45, 2.75) is 39.3 Å². The van der Waals surface area contributed by atoms with Gasteiger partial charge in [-0.3, -0.25) is 19.6 Å². The Kier molecular flexibility index (Phi) is 4.77. The van der Waals surface area contributed by atoms with Crippen LogP contribution in [0.3, 0.4) is 0 Å². The summed E-state index contributed by atoms with van der Waals surface area (Å²) in [5.74, 6) is 0.479. The number of carbonyl (C=O) groups excluding carboxylic acids is 2. The maximum Gasteiger partial charge on any atom is 0.272 e. The molecular formula is C20H22N6O2. The average molecular weight is 378 g/mol. The summed E-state index contributed by atoms with van der Waals surface area (Å²) in [5.41, 5.74) is 2.58. The SMILES string of the molecule is CC(=O)N1CCC[C@@H]1c1nc(C(=O)NCc2cnc(C)cn2)c2ccccn12. The van der Waals surface area contributed by atoms with Gasteiger partial charge in [0.15, 0.2) is 5.69 Å². The van der Waals surface area contributed by atoms with Crippen molar-refractivity contribution in [3.63, 3.8) is 0 Å². The molecule has 0 aromatic carbocycles. The van der Waals surface area contributed by atoms with Crippen LogP contribution in [0.15, 0.2) is 36.8 Å². The van der Waals surface area contributed by atoms with Gasteiger partial charge in [0.25, 0.3) is 5.91 Å². The van der Waals surface area contributed by atoms with Gasteiger partial charge in [-0.25, -0.2) is 4.98 Å². The Morgan fingerprint density at radius 2 is 2.11 bits per heavy atom. The second kappa shape index (κ2) is 7.38. The predicted octanol–water partition coefficient (Wildman–Crippen LogP) is 2.05. The first-order valence-corrected chi connectivity index (χ1v) is 9.34. The number of nitrogens with zero attached hydrogens (tertiary/aromatic N) is 5. The fraction of sp³-hybridized carbons (Fsp3) is 0.350. The quantitative estimate of drug-likeness (QED) is 0.750. The molecule has 4 heterocycles. The van der Waals surface area contributed by atoms with E-state index in [2.05, 4.69) is 20.3 Å². The molecule has 1 N–H and O–H groups in total. The Bertz CT molecular complexity index is 1030. The number of aryl methyl sites for hydroxylation is 1. The lowest BCUT2D eigenvalue weighted by atomic mass is 10.2. The average Bonchev–Trinajstić information content (AvgIpc) is 3.32. The number of carbonyl (C=O) groups is 2. The van der Waals surface area contributed by atoms with E-state index in [0.29, 0.717) is 11.4 Å². The zero-order chi connectivity index (χ0) is 19.7. The monoisotopic (exact) mass is 378 g/mol. The Hall–Kier alpha value is -3.29.